The van der Waals surface area contributed by atoms with Crippen LogP contribution in [0.15, 0.2) is 12.4 Å². The van der Waals surface area contributed by atoms with E-state index in [1.165, 1.54) is 5.82 Å². The fourth-order valence-electron chi connectivity index (χ4n) is 1.44. The van der Waals surface area contributed by atoms with Gasteiger partial charge in [0.25, 0.3) is 5.82 Å². The first-order valence-corrected chi connectivity index (χ1v) is 5.59. The van der Waals surface area contributed by atoms with Crippen LogP contribution in [0.4, 0.5) is 0 Å². The van der Waals surface area contributed by atoms with E-state index >= 15 is 0 Å². The highest BCUT2D eigenvalue weighted by Gasteiger charge is 2.09. The van der Waals surface area contributed by atoms with Gasteiger partial charge in [0.05, 0.1) is 19.6 Å². The van der Waals surface area contributed by atoms with E-state index < -0.39 is 0 Å². The minimum atomic E-state index is 0.765. The van der Waals surface area contributed by atoms with Gasteiger partial charge in [0.2, 0.25) is 0 Å². The highest BCUT2D eigenvalue weighted by atomic mass is 16.5. The van der Waals surface area contributed by atoms with Crippen molar-refractivity contribution >= 4 is 0 Å². The van der Waals surface area contributed by atoms with Crippen molar-refractivity contribution in [3.05, 3.63) is 18.2 Å². The molecule has 86 valence electrons. The Morgan fingerprint density at radius 1 is 1.20 bits per heavy atom. The van der Waals surface area contributed by atoms with Crippen LogP contribution in [0.25, 0.3) is 0 Å². The Morgan fingerprint density at radius 3 is 2.67 bits per heavy atom. The van der Waals surface area contributed by atoms with Crippen LogP contribution in [0, 0.1) is 0 Å². The van der Waals surface area contributed by atoms with Crippen LogP contribution in [-0.4, -0.2) is 31.4 Å². The zero-order valence-corrected chi connectivity index (χ0v) is 9.66. The van der Waals surface area contributed by atoms with Crippen LogP contribution in [0.2, 0.25) is 0 Å². The number of nitrogens with one attached hydrogen (secondary N) is 1. The monoisotopic (exact) mass is 213 g/mol. The summed E-state index contributed by atoms with van der Waals surface area (Å²) < 4.78 is 12.8. The predicted octanol–water partition coefficient (Wildman–Crippen LogP) is 0.918. The molecule has 0 fully saturated rings. The second-order valence-electron chi connectivity index (χ2n) is 3.24. The molecule has 0 aliphatic carbocycles. The maximum atomic E-state index is 5.32. The zero-order chi connectivity index (χ0) is 10.9. The molecule has 0 aliphatic heterocycles. The lowest BCUT2D eigenvalue weighted by atomic mass is 10.4. The van der Waals surface area contributed by atoms with Gasteiger partial charge in [-0.05, 0) is 13.8 Å². The SMILES string of the molecule is CCOCCc1[nH]cc[n+]1CCOCC. The van der Waals surface area contributed by atoms with Crippen molar-refractivity contribution in [1.29, 1.82) is 0 Å². The van der Waals surface area contributed by atoms with Crippen LogP contribution < -0.4 is 4.57 Å². The van der Waals surface area contributed by atoms with Crippen molar-refractivity contribution in [2.24, 2.45) is 0 Å². The van der Waals surface area contributed by atoms with Crippen LogP contribution in [-0.2, 0) is 22.4 Å². The van der Waals surface area contributed by atoms with E-state index in [9.17, 15) is 0 Å². The van der Waals surface area contributed by atoms with E-state index in [0.717, 1.165) is 39.4 Å². The maximum Gasteiger partial charge on any atom is 0.256 e. The summed E-state index contributed by atoms with van der Waals surface area (Å²) in [6.45, 7) is 8.01. The first-order chi connectivity index (χ1) is 7.38. The minimum Gasteiger partial charge on any atom is -0.381 e. The lowest BCUT2D eigenvalue weighted by Crippen LogP contribution is -2.38. The molecular formula is C11H21N2O2+. The average molecular weight is 213 g/mol. The summed E-state index contributed by atoms with van der Waals surface area (Å²) in [5.41, 5.74) is 0. The fraction of sp³-hybridized carbons (Fsp3) is 0.727. The smallest absolute Gasteiger partial charge is 0.256 e. The molecule has 0 spiro atoms. The lowest BCUT2D eigenvalue weighted by Gasteiger charge is -2.01. The number of rotatable bonds is 8. The second kappa shape index (κ2) is 7.43. The first-order valence-electron chi connectivity index (χ1n) is 5.59. The van der Waals surface area contributed by atoms with Crippen LogP contribution >= 0.6 is 0 Å². The van der Waals surface area contributed by atoms with Gasteiger partial charge >= 0.3 is 0 Å². The van der Waals surface area contributed by atoms with Crippen LogP contribution in [0.5, 0.6) is 0 Å². The number of aromatic nitrogens is 2. The summed E-state index contributed by atoms with van der Waals surface area (Å²) in [7, 11) is 0. The van der Waals surface area contributed by atoms with Gasteiger partial charge in [-0.15, -0.1) is 0 Å². The van der Waals surface area contributed by atoms with Crippen LogP contribution in [0.1, 0.15) is 19.7 Å². The molecule has 0 saturated heterocycles. The topological polar surface area (TPSA) is 38.1 Å². The molecule has 1 aromatic heterocycles. The van der Waals surface area contributed by atoms with Gasteiger partial charge in [0.15, 0.2) is 0 Å². The van der Waals surface area contributed by atoms with Crippen molar-refractivity contribution in [2.75, 3.05) is 26.4 Å². The van der Waals surface area contributed by atoms with Crippen LogP contribution in [0.3, 0.4) is 0 Å². The summed E-state index contributed by atoms with van der Waals surface area (Å²) in [6, 6.07) is 0. The van der Waals surface area contributed by atoms with Gasteiger partial charge in [0, 0.05) is 13.2 Å². The third-order valence-corrected chi connectivity index (χ3v) is 2.22. The zero-order valence-electron chi connectivity index (χ0n) is 9.66. The Kier molecular flexibility index (Phi) is 6.04. The lowest BCUT2D eigenvalue weighted by molar-refractivity contribution is -0.704. The Labute approximate surface area is 91.2 Å². The third-order valence-electron chi connectivity index (χ3n) is 2.22. The van der Waals surface area contributed by atoms with E-state index in [1.807, 2.05) is 26.2 Å². The molecule has 0 unspecified atom stereocenters. The van der Waals surface area contributed by atoms with Gasteiger partial charge in [0.1, 0.15) is 18.9 Å². The molecule has 0 bridgehead atoms. The summed E-state index contributed by atoms with van der Waals surface area (Å²) in [6.07, 6.45) is 4.92. The Bertz CT molecular complexity index is 236. The quantitative estimate of drug-likeness (QED) is 0.515. The van der Waals surface area contributed by atoms with Crippen molar-refractivity contribution in [3.63, 3.8) is 0 Å². The van der Waals surface area contributed by atoms with E-state index in [1.54, 1.807) is 0 Å². The molecule has 4 nitrogen and oxygen atoms in total. The molecule has 15 heavy (non-hydrogen) atoms. The van der Waals surface area contributed by atoms with Crippen molar-refractivity contribution < 1.29 is 14.0 Å². The summed E-state index contributed by atoms with van der Waals surface area (Å²) in [4.78, 5) is 3.22. The number of hydrogen-bond donors (Lipinski definition) is 1. The molecule has 0 atom stereocenters. The number of nitrogens with zero attached hydrogens (tertiary/aromatic N) is 1. The van der Waals surface area contributed by atoms with Gasteiger partial charge in [-0.2, -0.15) is 0 Å². The number of ether oxygens (including phenoxy) is 2. The standard InChI is InChI=1S/C11H20N2O2/c1-3-14-9-5-11-12-6-7-13(11)8-10-15-4-2/h6-7H,3-5,8-10H2,1-2H3/p+1. The Morgan fingerprint density at radius 2 is 1.93 bits per heavy atom. The first kappa shape index (κ1) is 12.2. The maximum absolute atomic E-state index is 5.32. The number of H-pyrrole nitrogens is 1. The molecular weight excluding hydrogens is 192 g/mol. The summed E-state index contributed by atoms with van der Waals surface area (Å²) in [5, 5.41) is 0. The molecule has 1 heterocycles. The Hall–Kier alpha value is -0.870. The molecule has 1 rings (SSSR count). The molecule has 1 aromatic rings. The number of imidazole rings is 1. The normalized spacial score (nSPS) is 10.8. The van der Waals surface area contributed by atoms with Gasteiger partial charge in [-0.3, -0.25) is 0 Å². The Balaban J connectivity index is 2.32. The molecule has 1 N–H and O–H groups in total. The molecule has 0 radical (unpaired) electrons. The third kappa shape index (κ3) is 4.44. The molecule has 0 saturated carbocycles. The predicted molar refractivity (Wildman–Crippen MR) is 57.7 cm³/mol. The minimum absolute atomic E-state index is 0.765. The number of hydrogen-bond acceptors (Lipinski definition) is 2. The van der Waals surface area contributed by atoms with Crippen molar-refractivity contribution in [2.45, 2.75) is 26.8 Å². The second-order valence-corrected chi connectivity index (χ2v) is 3.24. The van der Waals surface area contributed by atoms with Gasteiger partial charge in [-0.1, -0.05) is 0 Å². The van der Waals surface area contributed by atoms with Crippen molar-refractivity contribution in [1.82, 2.24) is 4.98 Å². The molecule has 0 aromatic carbocycles. The molecule has 4 heteroatoms. The van der Waals surface area contributed by atoms with E-state index in [0.29, 0.717) is 0 Å². The van der Waals surface area contributed by atoms with Gasteiger partial charge in [-0.25, -0.2) is 9.55 Å². The van der Waals surface area contributed by atoms with Gasteiger partial charge < -0.3 is 9.47 Å². The molecule has 0 aliphatic rings. The van der Waals surface area contributed by atoms with E-state index in [2.05, 4.69) is 9.55 Å². The van der Waals surface area contributed by atoms with Crippen molar-refractivity contribution in [3.8, 4) is 0 Å². The van der Waals surface area contributed by atoms with E-state index in [4.69, 9.17) is 9.47 Å². The van der Waals surface area contributed by atoms with E-state index in [-0.39, 0.29) is 0 Å². The fourth-order valence-corrected chi connectivity index (χ4v) is 1.44. The largest absolute Gasteiger partial charge is 0.381 e. The number of aromatic amines is 1. The molecule has 0 amide bonds. The summed E-state index contributed by atoms with van der Waals surface area (Å²) in [5.74, 6) is 1.20. The highest BCUT2D eigenvalue weighted by molar-refractivity contribution is 4.77. The summed E-state index contributed by atoms with van der Waals surface area (Å²) >= 11 is 0. The average Bonchev–Trinajstić information content (AvgIpc) is 2.67. The highest BCUT2D eigenvalue weighted by Crippen LogP contribution is 1.90.